The lowest BCUT2D eigenvalue weighted by Gasteiger charge is -2.21. The Labute approximate surface area is 101 Å². The summed E-state index contributed by atoms with van der Waals surface area (Å²) in [7, 11) is 0. The second kappa shape index (κ2) is 5.13. The van der Waals surface area contributed by atoms with Crippen molar-refractivity contribution < 1.29 is 0 Å². The molecule has 0 saturated carbocycles. The fourth-order valence-corrected chi connectivity index (χ4v) is 1.64. The molecular weight excluding hydrogens is 210 g/mol. The highest BCUT2D eigenvalue weighted by atomic mass is 15.1. The van der Waals surface area contributed by atoms with Crippen LogP contribution in [0, 0.1) is 18.3 Å². The van der Waals surface area contributed by atoms with Gasteiger partial charge in [-0.2, -0.15) is 5.26 Å². The van der Waals surface area contributed by atoms with E-state index in [1.165, 1.54) is 5.56 Å². The highest BCUT2D eigenvalue weighted by molar-refractivity contribution is 5.63. The van der Waals surface area contributed by atoms with Crippen LogP contribution in [0.15, 0.2) is 48.8 Å². The number of hydrogen-bond acceptors (Lipinski definition) is 3. The molecule has 17 heavy (non-hydrogen) atoms. The molecule has 0 aliphatic carbocycles. The Morgan fingerprint density at radius 1 is 1.18 bits per heavy atom. The fraction of sp³-hybridized carbons (Fsp3) is 0.143. The molecule has 84 valence electrons. The summed E-state index contributed by atoms with van der Waals surface area (Å²) in [6, 6.07) is 14.1. The summed E-state index contributed by atoms with van der Waals surface area (Å²) in [6.07, 6.45) is 3.49. The number of anilines is 2. The lowest BCUT2D eigenvalue weighted by Crippen LogP contribution is -2.17. The van der Waals surface area contributed by atoms with Gasteiger partial charge in [-0.15, -0.1) is 0 Å². The molecule has 1 aromatic heterocycles. The van der Waals surface area contributed by atoms with Gasteiger partial charge in [0.15, 0.2) is 0 Å². The third kappa shape index (κ3) is 2.61. The van der Waals surface area contributed by atoms with Crippen molar-refractivity contribution in [3.8, 4) is 6.07 Å². The zero-order valence-corrected chi connectivity index (χ0v) is 9.67. The van der Waals surface area contributed by atoms with Crippen LogP contribution in [0.1, 0.15) is 5.56 Å². The first-order chi connectivity index (χ1) is 8.31. The van der Waals surface area contributed by atoms with E-state index in [1.54, 1.807) is 12.4 Å². The molecule has 0 spiro atoms. The summed E-state index contributed by atoms with van der Waals surface area (Å²) in [5.74, 6) is 0. The minimum absolute atomic E-state index is 0.314. The molecule has 0 radical (unpaired) electrons. The van der Waals surface area contributed by atoms with E-state index < -0.39 is 0 Å². The predicted molar refractivity (Wildman–Crippen MR) is 68.0 cm³/mol. The fourth-order valence-electron chi connectivity index (χ4n) is 1.64. The zero-order chi connectivity index (χ0) is 12.1. The molecule has 0 aliphatic rings. The minimum Gasteiger partial charge on any atom is -0.326 e. The number of aryl methyl sites for hydroxylation is 1. The van der Waals surface area contributed by atoms with Crippen molar-refractivity contribution in [1.29, 1.82) is 5.26 Å². The normalized spacial score (nSPS) is 9.65. The molecule has 0 fully saturated rings. The largest absolute Gasteiger partial charge is 0.326 e. The van der Waals surface area contributed by atoms with E-state index in [0.29, 0.717) is 6.54 Å². The van der Waals surface area contributed by atoms with Crippen LogP contribution in [-0.2, 0) is 0 Å². The van der Waals surface area contributed by atoms with E-state index in [0.717, 1.165) is 11.4 Å². The van der Waals surface area contributed by atoms with Gasteiger partial charge < -0.3 is 4.90 Å². The molecule has 1 heterocycles. The van der Waals surface area contributed by atoms with Crippen LogP contribution in [-0.4, -0.2) is 11.5 Å². The van der Waals surface area contributed by atoms with Crippen LogP contribution in [0.2, 0.25) is 0 Å². The SMILES string of the molecule is Cc1ccc(N(CC#N)c2cccnc2)cc1. The van der Waals surface area contributed by atoms with Gasteiger partial charge in [0.2, 0.25) is 0 Å². The number of hydrogen-bond donors (Lipinski definition) is 0. The van der Waals surface area contributed by atoms with Crippen LogP contribution in [0.5, 0.6) is 0 Å². The van der Waals surface area contributed by atoms with E-state index in [9.17, 15) is 0 Å². The number of pyridine rings is 1. The van der Waals surface area contributed by atoms with Crippen LogP contribution >= 0.6 is 0 Å². The molecule has 0 unspecified atom stereocenters. The number of nitrogens with zero attached hydrogens (tertiary/aromatic N) is 3. The topological polar surface area (TPSA) is 39.9 Å². The minimum atomic E-state index is 0.314. The van der Waals surface area contributed by atoms with Gasteiger partial charge in [0, 0.05) is 11.9 Å². The molecule has 3 nitrogen and oxygen atoms in total. The highest BCUT2D eigenvalue weighted by Crippen LogP contribution is 2.24. The van der Waals surface area contributed by atoms with Crippen molar-refractivity contribution >= 4 is 11.4 Å². The van der Waals surface area contributed by atoms with Crippen molar-refractivity contribution in [2.24, 2.45) is 0 Å². The predicted octanol–water partition coefficient (Wildman–Crippen LogP) is 3.05. The van der Waals surface area contributed by atoms with E-state index in [1.807, 2.05) is 48.2 Å². The number of rotatable bonds is 3. The molecule has 0 atom stereocenters. The molecule has 2 rings (SSSR count). The third-order valence-electron chi connectivity index (χ3n) is 2.53. The smallest absolute Gasteiger partial charge is 0.110 e. The first-order valence-corrected chi connectivity index (χ1v) is 5.42. The van der Waals surface area contributed by atoms with Crippen molar-refractivity contribution in [1.82, 2.24) is 4.98 Å². The Balaban J connectivity index is 2.36. The van der Waals surface area contributed by atoms with Crippen LogP contribution in [0.25, 0.3) is 0 Å². The number of aromatic nitrogens is 1. The lowest BCUT2D eigenvalue weighted by atomic mass is 10.2. The standard InChI is InChI=1S/C14H13N3/c1-12-4-6-13(7-5-12)17(10-8-15)14-3-2-9-16-11-14/h2-7,9,11H,10H2,1H3. The first kappa shape index (κ1) is 11.2. The summed E-state index contributed by atoms with van der Waals surface area (Å²) in [4.78, 5) is 6.02. The molecule has 0 bridgehead atoms. The van der Waals surface area contributed by atoms with Gasteiger partial charge in [-0.05, 0) is 31.2 Å². The molecule has 0 saturated heterocycles. The first-order valence-electron chi connectivity index (χ1n) is 5.42. The Hall–Kier alpha value is -2.34. The van der Waals surface area contributed by atoms with Crippen LogP contribution in [0.3, 0.4) is 0 Å². The van der Waals surface area contributed by atoms with Gasteiger partial charge in [0.1, 0.15) is 6.54 Å². The Morgan fingerprint density at radius 3 is 2.53 bits per heavy atom. The van der Waals surface area contributed by atoms with E-state index >= 15 is 0 Å². The molecular formula is C14H13N3. The summed E-state index contributed by atoms with van der Waals surface area (Å²) in [5, 5.41) is 8.90. The average Bonchev–Trinajstić information content (AvgIpc) is 2.38. The monoisotopic (exact) mass is 223 g/mol. The van der Waals surface area contributed by atoms with Crippen molar-refractivity contribution in [3.63, 3.8) is 0 Å². The Kier molecular flexibility index (Phi) is 3.37. The van der Waals surface area contributed by atoms with Gasteiger partial charge in [0.25, 0.3) is 0 Å². The van der Waals surface area contributed by atoms with Gasteiger partial charge in [0.05, 0.1) is 18.0 Å². The van der Waals surface area contributed by atoms with Crippen LogP contribution < -0.4 is 4.90 Å². The molecule has 0 aliphatic heterocycles. The van der Waals surface area contributed by atoms with Gasteiger partial charge >= 0.3 is 0 Å². The Bertz CT molecular complexity index is 511. The van der Waals surface area contributed by atoms with Crippen molar-refractivity contribution in [3.05, 3.63) is 54.4 Å². The zero-order valence-electron chi connectivity index (χ0n) is 9.67. The number of benzene rings is 1. The quantitative estimate of drug-likeness (QED) is 0.751. The maximum absolute atomic E-state index is 8.90. The highest BCUT2D eigenvalue weighted by Gasteiger charge is 2.08. The summed E-state index contributed by atoms with van der Waals surface area (Å²) < 4.78 is 0. The Morgan fingerprint density at radius 2 is 1.94 bits per heavy atom. The summed E-state index contributed by atoms with van der Waals surface area (Å²) in [5.41, 5.74) is 3.14. The van der Waals surface area contributed by atoms with Crippen molar-refractivity contribution in [2.45, 2.75) is 6.92 Å². The van der Waals surface area contributed by atoms with Crippen molar-refractivity contribution in [2.75, 3.05) is 11.4 Å². The summed E-state index contributed by atoms with van der Waals surface area (Å²) >= 11 is 0. The molecule has 0 N–H and O–H groups in total. The molecule has 3 heteroatoms. The average molecular weight is 223 g/mol. The van der Waals surface area contributed by atoms with Gasteiger partial charge in [-0.3, -0.25) is 4.98 Å². The van der Waals surface area contributed by atoms with Crippen LogP contribution in [0.4, 0.5) is 11.4 Å². The maximum Gasteiger partial charge on any atom is 0.110 e. The van der Waals surface area contributed by atoms with E-state index in [2.05, 4.69) is 11.1 Å². The lowest BCUT2D eigenvalue weighted by molar-refractivity contribution is 1.09. The third-order valence-corrected chi connectivity index (χ3v) is 2.53. The molecule has 1 aromatic carbocycles. The van der Waals surface area contributed by atoms with Gasteiger partial charge in [-0.25, -0.2) is 0 Å². The molecule has 0 amide bonds. The second-order valence-corrected chi connectivity index (χ2v) is 3.79. The van der Waals surface area contributed by atoms with E-state index in [4.69, 9.17) is 5.26 Å². The van der Waals surface area contributed by atoms with E-state index in [-0.39, 0.29) is 0 Å². The number of nitriles is 1. The maximum atomic E-state index is 8.90. The van der Waals surface area contributed by atoms with Gasteiger partial charge in [-0.1, -0.05) is 17.7 Å². The molecule has 2 aromatic rings. The summed E-state index contributed by atoms with van der Waals surface area (Å²) in [6.45, 7) is 2.36. The second-order valence-electron chi connectivity index (χ2n) is 3.79.